The van der Waals surface area contributed by atoms with E-state index in [0.29, 0.717) is 35.4 Å². The molecule has 10 heteroatoms. The monoisotopic (exact) mass is 458 g/mol. The van der Waals surface area contributed by atoms with Gasteiger partial charge in [0.2, 0.25) is 5.91 Å². The van der Waals surface area contributed by atoms with Crippen molar-refractivity contribution >= 4 is 23.2 Å². The summed E-state index contributed by atoms with van der Waals surface area (Å²) in [5.41, 5.74) is 1.18. The first-order chi connectivity index (χ1) is 14.8. The maximum absolute atomic E-state index is 12.5. The van der Waals surface area contributed by atoms with Crippen LogP contribution in [0.1, 0.15) is 12.5 Å². The van der Waals surface area contributed by atoms with Crippen LogP contribution in [0.25, 0.3) is 0 Å². The van der Waals surface area contributed by atoms with Crippen molar-refractivity contribution in [2.24, 2.45) is 0 Å². The molecule has 0 heterocycles. The van der Waals surface area contributed by atoms with Crippen LogP contribution in [0, 0.1) is 0 Å². The van der Waals surface area contributed by atoms with Crippen LogP contribution in [0.5, 0.6) is 23.0 Å². The van der Waals surface area contributed by atoms with E-state index in [-0.39, 0.29) is 24.0 Å². The number of anilines is 1. The molecule has 31 heavy (non-hydrogen) atoms. The lowest BCUT2D eigenvalue weighted by Crippen LogP contribution is -2.30. The average molecular weight is 459 g/mol. The van der Waals surface area contributed by atoms with Gasteiger partial charge in [0.05, 0.1) is 38.1 Å². The van der Waals surface area contributed by atoms with Crippen LogP contribution in [0.15, 0.2) is 30.3 Å². The lowest BCUT2D eigenvalue weighted by molar-refractivity contribution is -0.117. The number of ether oxygens (including phenoxy) is 4. The molecule has 2 aromatic rings. The maximum Gasteiger partial charge on any atom is 0.387 e. The number of carbonyl (C=O) groups excluding carboxylic acids is 1. The van der Waals surface area contributed by atoms with Crippen molar-refractivity contribution < 1.29 is 32.5 Å². The number of nitrogens with one attached hydrogen (secondary N) is 1. The molecule has 0 spiro atoms. The largest absolute Gasteiger partial charge is 0.495 e. The number of hydrogen-bond donors (Lipinski definition) is 1. The van der Waals surface area contributed by atoms with Crippen molar-refractivity contribution in [3.63, 3.8) is 0 Å². The Bertz CT molecular complexity index is 898. The van der Waals surface area contributed by atoms with Crippen LogP contribution >= 0.6 is 11.6 Å². The van der Waals surface area contributed by atoms with Crippen LogP contribution in [0.2, 0.25) is 5.02 Å². The van der Waals surface area contributed by atoms with E-state index in [4.69, 9.17) is 25.8 Å². The fourth-order valence-electron chi connectivity index (χ4n) is 2.87. The Labute approximate surface area is 184 Å². The van der Waals surface area contributed by atoms with Gasteiger partial charge in [0, 0.05) is 12.6 Å². The first kappa shape index (κ1) is 24.5. The van der Waals surface area contributed by atoms with E-state index < -0.39 is 6.61 Å². The molecular formula is C21H25ClF2N2O5. The summed E-state index contributed by atoms with van der Waals surface area (Å²) in [5.74, 6) is 0.733. The minimum absolute atomic E-state index is 0.0375. The van der Waals surface area contributed by atoms with Crippen molar-refractivity contribution in [2.75, 3.05) is 39.7 Å². The van der Waals surface area contributed by atoms with E-state index in [2.05, 4.69) is 10.1 Å². The summed E-state index contributed by atoms with van der Waals surface area (Å²) < 4.78 is 45.3. The van der Waals surface area contributed by atoms with Gasteiger partial charge < -0.3 is 24.3 Å². The number of hydrogen-bond acceptors (Lipinski definition) is 6. The van der Waals surface area contributed by atoms with Crippen LogP contribution in [0.4, 0.5) is 14.5 Å². The van der Waals surface area contributed by atoms with Crippen molar-refractivity contribution in [3.8, 4) is 23.0 Å². The van der Waals surface area contributed by atoms with E-state index in [1.54, 1.807) is 43.1 Å². The standard InChI is InChI=1S/C21H25ClF2N2O5/c1-5-30-19-8-13(6-7-16(19)31-21(23)24)11-26(2)12-20(27)25-15-9-14(22)17(28-3)10-18(15)29-4/h6-10,21H,5,11-12H2,1-4H3,(H,25,27). The SMILES string of the molecule is CCOc1cc(CN(C)CC(=O)Nc2cc(Cl)c(OC)cc2OC)ccc1OC(F)F. The van der Waals surface area contributed by atoms with Gasteiger partial charge in [-0.05, 0) is 37.7 Å². The zero-order valence-corrected chi connectivity index (χ0v) is 18.5. The molecule has 0 aliphatic rings. The topological polar surface area (TPSA) is 69.3 Å². The highest BCUT2D eigenvalue weighted by atomic mass is 35.5. The molecule has 0 unspecified atom stereocenters. The number of carbonyl (C=O) groups is 1. The first-order valence-electron chi connectivity index (χ1n) is 9.37. The third kappa shape index (κ3) is 7.15. The Morgan fingerprint density at radius 1 is 1.10 bits per heavy atom. The quantitative estimate of drug-likeness (QED) is 0.537. The molecule has 1 N–H and O–H groups in total. The van der Waals surface area contributed by atoms with Gasteiger partial charge >= 0.3 is 6.61 Å². The Balaban J connectivity index is 2.04. The first-order valence-corrected chi connectivity index (χ1v) is 9.75. The average Bonchev–Trinajstić information content (AvgIpc) is 2.70. The van der Waals surface area contributed by atoms with Gasteiger partial charge in [-0.2, -0.15) is 8.78 Å². The molecule has 0 saturated carbocycles. The molecule has 0 bridgehead atoms. The summed E-state index contributed by atoms with van der Waals surface area (Å²) in [5, 5.41) is 3.09. The molecule has 2 rings (SSSR count). The molecular weight excluding hydrogens is 434 g/mol. The molecule has 7 nitrogen and oxygen atoms in total. The van der Waals surface area contributed by atoms with E-state index in [0.717, 1.165) is 5.56 Å². The van der Waals surface area contributed by atoms with Gasteiger partial charge in [-0.3, -0.25) is 9.69 Å². The van der Waals surface area contributed by atoms with Crippen molar-refractivity contribution in [2.45, 2.75) is 20.1 Å². The number of amides is 1. The van der Waals surface area contributed by atoms with E-state index >= 15 is 0 Å². The minimum atomic E-state index is -2.94. The van der Waals surface area contributed by atoms with Crippen LogP contribution < -0.4 is 24.3 Å². The molecule has 0 radical (unpaired) electrons. The highest BCUT2D eigenvalue weighted by molar-refractivity contribution is 6.32. The summed E-state index contributed by atoms with van der Waals surface area (Å²) in [6.45, 7) is -0.461. The smallest absolute Gasteiger partial charge is 0.387 e. The predicted molar refractivity (Wildman–Crippen MR) is 114 cm³/mol. The van der Waals surface area contributed by atoms with Gasteiger partial charge in [-0.25, -0.2) is 0 Å². The number of nitrogens with zero attached hydrogens (tertiary/aromatic N) is 1. The summed E-state index contributed by atoms with van der Waals surface area (Å²) >= 11 is 6.13. The molecule has 1 amide bonds. The lowest BCUT2D eigenvalue weighted by atomic mass is 10.2. The Morgan fingerprint density at radius 2 is 1.81 bits per heavy atom. The second-order valence-electron chi connectivity index (χ2n) is 6.50. The zero-order chi connectivity index (χ0) is 23.0. The fourth-order valence-corrected chi connectivity index (χ4v) is 3.11. The number of benzene rings is 2. The predicted octanol–water partition coefficient (Wildman–Crippen LogP) is 4.43. The molecule has 0 aliphatic heterocycles. The van der Waals surface area contributed by atoms with Crippen LogP contribution in [-0.4, -0.2) is 51.8 Å². The number of likely N-dealkylation sites (N-methyl/N-ethyl adjacent to an activating group) is 1. The second kappa shape index (κ2) is 11.6. The van der Waals surface area contributed by atoms with E-state index in [1.165, 1.54) is 20.3 Å². The number of rotatable bonds is 11. The highest BCUT2D eigenvalue weighted by Crippen LogP contribution is 2.36. The third-order valence-electron chi connectivity index (χ3n) is 4.14. The normalized spacial score (nSPS) is 10.9. The number of halogens is 3. The van der Waals surface area contributed by atoms with Gasteiger partial charge in [0.1, 0.15) is 11.5 Å². The van der Waals surface area contributed by atoms with Gasteiger partial charge in [-0.1, -0.05) is 17.7 Å². The summed E-state index contributed by atoms with van der Waals surface area (Å²) in [6, 6.07) is 7.81. The van der Waals surface area contributed by atoms with Crippen LogP contribution in [0.3, 0.4) is 0 Å². The molecule has 170 valence electrons. The molecule has 0 fully saturated rings. The lowest BCUT2D eigenvalue weighted by Gasteiger charge is -2.19. The van der Waals surface area contributed by atoms with E-state index in [9.17, 15) is 13.6 Å². The van der Waals surface area contributed by atoms with Gasteiger partial charge in [0.15, 0.2) is 11.5 Å². The van der Waals surface area contributed by atoms with Gasteiger partial charge in [-0.15, -0.1) is 0 Å². The Morgan fingerprint density at radius 3 is 2.42 bits per heavy atom. The van der Waals surface area contributed by atoms with Crippen molar-refractivity contribution in [1.82, 2.24) is 4.90 Å². The molecule has 0 aromatic heterocycles. The van der Waals surface area contributed by atoms with Crippen LogP contribution in [-0.2, 0) is 11.3 Å². The summed E-state index contributed by atoms with van der Waals surface area (Å²) in [4.78, 5) is 14.2. The Kier molecular flexibility index (Phi) is 9.14. The Hall–Kier alpha value is -2.78. The zero-order valence-electron chi connectivity index (χ0n) is 17.7. The molecule has 2 aromatic carbocycles. The summed E-state index contributed by atoms with van der Waals surface area (Å²) in [7, 11) is 4.71. The fraction of sp³-hybridized carbons (Fsp3) is 0.381. The van der Waals surface area contributed by atoms with Crippen molar-refractivity contribution in [1.29, 1.82) is 0 Å². The molecule has 0 aliphatic carbocycles. The maximum atomic E-state index is 12.5. The highest BCUT2D eigenvalue weighted by Gasteiger charge is 2.16. The second-order valence-corrected chi connectivity index (χ2v) is 6.91. The molecule has 0 saturated heterocycles. The van der Waals surface area contributed by atoms with Crippen molar-refractivity contribution in [3.05, 3.63) is 40.9 Å². The number of alkyl halides is 2. The molecule has 0 atom stereocenters. The van der Waals surface area contributed by atoms with Gasteiger partial charge in [0.25, 0.3) is 0 Å². The van der Waals surface area contributed by atoms with E-state index in [1.807, 2.05) is 0 Å². The number of methoxy groups -OCH3 is 2. The summed E-state index contributed by atoms with van der Waals surface area (Å²) in [6.07, 6.45) is 0. The minimum Gasteiger partial charge on any atom is -0.495 e. The third-order valence-corrected chi connectivity index (χ3v) is 4.43.